The molecule has 0 saturated carbocycles. The second-order valence-electron chi connectivity index (χ2n) is 10.9. The van der Waals surface area contributed by atoms with Crippen molar-refractivity contribution >= 4 is 34.0 Å². The number of aryl methyl sites for hydroxylation is 3. The van der Waals surface area contributed by atoms with E-state index in [1.54, 1.807) is 34.3 Å². The van der Waals surface area contributed by atoms with E-state index in [4.69, 9.17) is 14.2 Å². The fourth-order valence-electron chi connectivity index (χ4n) is 5.92. The van der Waals surface area contributed by atoms with Crippen LogP contribution in [0.3, 0.4) is 0 Å². The average Bonchev–Trinajstić information content (AvgIpc) is 3.08. The van der Waals surface area contributed by atoms with Crippen LogP contribution in [0.4, 0.5) is 10.8 Å². The van der Waals surface area contributed by atoms with Crippen LogP contribution in [0.2, 0.25) is 0 Å². The average molecular weight is 607 g/mol. The van der Waals surface area contributed by atoms with Gasteiger partial charge in [0.25, 0.3) is 0 Å². The van der Waals surface area contributed by atoms with Crippen LogP contribution in [0, 0.1) is 0 Å². The van der Waals surface area contributed by atoms with Gasteiger partial charge in [-0.15, -0.1) is 11.3 Å². The number of carbonyl (C=O) groups excluding carboxylic acids is 2. The molecule has 2 amide bonds. The lowest BCUT2D eigenvalue weighted by molar-refractivity contribution is -0.119. The first-order chi connectivity index (χ1) is 20.7. The number of hydrogen-bond acceptors (Lipinski definition) is 9. The summed E-state index contributed by atoms with van der Waals surface area (Å²) >= 11 is 1.53. The first kappa shape index (κ1) is 30.3. The second-order valence-corrected chi connectivity index (χ2v) is 12.0. The van der Waals surface area contributed by atoms with Gasteiger partial charge in [0.2, 0.25) is 23.0 Å². The molecular formula is C32H38N4O6S. The van der Waals surface area contributed by atoms with Gasteiger partial charge in [0, 0.05) is 17.4 Å². The highest BCUT2D eigenvalue weighted by molar-refractivity contribution is 7.15. The summed E-state index contributed by atoms with van der Waals surface area (Å²) in [6.07, 6.45) is 6.55. The summed E-state index contributed by atoms with van der Waals surface area (Å²) in [5.74, 6) is 0.956. The number of benzene rings is 1. The summed E-state index contributed by atoms with van der Waals surface area (Å²) < 4.78 is 17.1. The number of aromatic nitrogens is 1. The molecule has 10 nitrogen and oxygen atoms in total. The summed E-state index contributed by atoms with van der Waals surface area (Å²) in [4.78, 5) is 44.9. The fourth-order valence-corrected chi connectivity index (χ4v) is 6.97. The molecule has 2 atom stereocenters. The van der Waals surface area contributed by atoms with Gasteiger partial charge in [0.05, 0.1) is 38.8 Å². The van der Waals surface area contributed by atoms with Crippen molar-refractivity contribution in [3.8, 4) is 28.4 Å². The quantitative estimate of drug-likeness (QED) is 0.305. The van der Waals surface area contributed by atoms with E-state index in [9.17, 15) is 14.4 Å². The molecule has 11 heteroatoms. The Kier molecular flexibility index (Phi) is 9.19. The minimum Gasteiger partial charge on any atom is -0.493 e. The molecule has 1 heterocycles. The van der Waals surface area contributed by atoms with Crippen LogP contribution in [0.15, 0.2) is 29.1 Å². The molecule has 0 fully saturated rings. The number of carbonyl (C=O) groups is 2. The molecule has 0 radical (unpaired) electrons. The number of ether oxygens (including phenoxy) is 3. The maximum absolute atomic E-state index is 13.6. The van der Waals surface area contributed by atoms with Crippen LogP contribution in [0.5, 0.6) is 17.2 Å². The molecule has 0 aliphatic heterocycles. The molecular weight excluding hydrogens is 568 g/mol. The Labute approximate surface area is 255 Å². The minimum absolute atomic E-state index is 0.203. The van der Waals surface area contributed by atoms with Gasteiger partial charge < -0.3 is 30.2 Å². The maximum atomic E-state index is 13.6. The Balaban J connectivity index is 1.51. The van der Waals surface area contributed by atoms with E-state index in [1.807, 2.05) is 12.1 Å². The number of nitrogens with zero attached hydrogens (tertiary/aromatic N) is 1. The zero-order valence-corrected chi connectivity index (χ0v) is 26.0. The molecule has 2 aliphatic rings. The van der Waals surface area contributed by atoms with Crippen LogP contribution in [0.25, 0.3) is 11.1 Å². The van der Waals surface area contributed by atoms with E-state index < -0.39 is 12.1 Å². The van der Waals surface area contributed by atoms with Gasteiger partial charge in [0.1, 0.15) is 6.04 Å². The van der Waals surface area contributed by atoms with Crippen LogP contribution >= 0.6 is 11.3 Å². The van der Waals surface area contributed by atoms with E-state index in [-0.39, 0.29) is 22.9 Å². The van der Waals surface area contributed by atoms with E-state index in [0.717, 1.165) is 48.1 Å². The van der Waals surface area contributed by atoms with Crippen LogP contribution in [-0.4, -0.2) is 44.2 Å². The Hall–Kier alpha value is -4.12. The van der Waals surface area contributed by atoms with Crippen LogP contribution in [0.1, 0.15) is 67.3 Å². The second kappa shape index (κ2) is 13.0. The van der Waals surface area contributed by atoms with Gasteiger partial charge in [-0.05, 0) is 80.3 Å². The van der Waals surface area contributed by atoms with Crippen molar-refractivity contribution in [1.29, 1.82) is 0 Å². The Morgan fingerprint density at radius 2 is 1.77 bits per heavy atom. The van der Waals surface area contributed by atoms with Gasteiger partial charge in [0.15, 0.2) is 16.6 Å². The summed E-state index contributed by atoms with van der Waals surface area (Å²) in [5.41, 5.74) is 4.10. The SMILES string of the molecule is COc1cc2c(c(OC)c1OC)-c1ccc(N[C@@H](C)C(=O)Nc3nc4c(s3)CCCCC4)c(=O)cc1[C@H](NC(C)=O)CC2. The molecule has 5 rings (SSSR count). The fraction of sp³-hybridized carbons (Fsp3) is 0.438. The summed E-state index contributed by atoms with van der Waals surface area (Å²) in [6.45, 7) is 3.17. The lowest BCUT2D eigenvalue weighted by atomic mass is 9.95. The Morgan fingerprint density at radius 3 is 2.49 bits per heavy atom. The third kappa shape index (κ3) is 6.31. The molecule has 228 valence electrons. The van der Waals surface area contributed by atoms with Crippen LogP contribution in [-0.2, 0) is 28.9 Å². The van der Waals surface area contributed by atoms with Crippen molar-refractivity contribution < 1.29 is 23.8 Å². The van der Waals surface area contributed by atoms with Crippen molar-refractivity contribution in [3.05, 3.63) is 56.2 Å². The van der Waals surface area contributed by atoms with Crippen molar-refractivity contribution in [3.63, 3.8) is 0 Å². The molecule has 0 unspecified atom stereocenters. The van der Waals surface area contributed by atoms with Crippen molar-refractivity contribution in [2.45, 2.75) is 70.9 Å². The van der Waals surface area contributed by atoms with E-state index in [1.165, 1.54) is 35.6 Å². The topological polar surface area (TPSA) is 128 Å². The first-order valence-electron chi connectivity index (χ1n) is 14.6. The van der Waals surface area contributed by atoms with E-state index in [2.05, 4.69) is 20.9 Å². The van der Waals surface area contributed by atoms with Gasteiger partial charge in [-0.2, -0.15) is 0 Å². The van der Waals surface area contributed by atoms with E-state index in [0.29, 0.717) is 40.8 Å². The monoisotopic (exact) mass is 606 g/mol. The predicted octanol–water partition coefficient (Wildman–Crippen LogP) is 5.03. The standard InChI is InChI=1S/C32H38N4O6S/c1-17(31(39)36-32-35-24-9-7-6-8-10-27(24)43-32)33-23-14-12-20-21(16-25(23)38)22(34-18(2)37)13-11-19-15-26(40-3)29(41-4)30(42-5)28(19)20/h12,14-17,22H,6-11,13H2,1-5H3,(H,33,38)(H,34,37)(H,35,36,39)/t17-,22+/m0/s1. The predicted molar refractivity (Wildman–Crippen MR) is 168 cm³/mol. The van der Waals surface area contributed by atoms with Gasteiger partial charge >= 0.3 is 0 Å². The highest BCUT2D eigenvalue weighted by Gasteiger charge is 2.29. The largest absolute Gasteiger partial charge is 0.493 e. The lowest BCUT2D eigenvalue weighted by Crippen LogP contribution is -2.33. The molecule has 3 N–H and O–H groups in total. The number of rotatable bonds is 8. The summed E-state index contributed by atoms with van der Waals surface area (Å²) in [5, 5.41) is 9.62. The number of anilines is 2. The highest BCUT2D eigenvalue weighted by atomic mass is 32.1. The molecule has 0 bridgehead atoms. The number of hydrogen-bond donors (Lipinski definition) is 3. The molecule has 0 saturated heterocycles. The molecule has 3 aromatic rings. The van der Waals surface area contributed by atoms with E-state index >= 15 is 0 Å². The third-order valence-electron chi connectivity index (χ3n) is 8.01. The molecule has 0 spiro atoms. The molecule has 2 aliphatic carbocycles. The molecule has 43 heavy (non-hydrogen) atoms. The first-order valence-corrected chi connectivity index (χ1v) is 15.4. The molecule has 1 aromatic heterocycles. The Bertz CT molecular complexity index is 1580. The number of amides is 2. The third-order valence-corrected chi connectivity index (χ3v) is 9.08. The smallest absolute Gasteiger partial charge is 0.248 e. The minimum atomic E-state index is -0.712. The van der Waals surface area contributed by atoms with Crippen molar-refractivity contribution in [2.24, 2.45) is 0 Å². The normalized spacial score (nSPS) is 16.3. The molecule has 2 aromatic carbocycles. The zero-order chi connectivity index (χ0) is 30.7. The number of methoxy groups -OCH3 is 3. The number of nitrogens with one attached hydrogen (secondary N) is 3. The Morgan fingerprint density at radius 1 is 1.00 bits per heavy atom. The lowest BCUT2D eigenvalue weighted by Gasteiger charge is -2.19. The van der Waals surface area contributed by atoms with Crippen LogP contribution < -0.4 is 35.6 Å². The van der Waals surface area contributed by atoms with Gasteiger partial charge in [-0.1, -0.05) is 12.5 Å². The van der Waals surface area contributed by atoms with Crippen molar-refractivity contribution in [1.82, 2.24) is 10.3 Å². The summed E-state index contributed by atoms with van der Waals surface area (Å²) in [6, 6.07) is 5.81. The number of thiazole rings is 1. The van der Waals surface area contributed by atoms with Crippen molar-refractivity contribution in [2.75, 3.05) is 32.0 Å². The van der Waals surface area contributed by atoms with Gasteiger partial charge in [-0.25, -0.2) is 4.98 Å². The zero-order valence-electron chi connectivity index (χ0n) is 25.2. The number of fused-ring (bicyclic) bond motifs is 4. The highest BCUT2D eigenvalue weighted by Crippen LogP contribution is 2.50. The summed E-state index contributed by atoms with van der Waals surface area (Å²) in [7, 11) is 4.67. The maximum Gasteiger partial charge on any atom is 0.248 e. The van der Waals surface area contributed by atoms with Gasteiger partial charge in [-0.3, -0.25) is 14.4 Å².